The van der Waals surface area contributed by atoms with Gasteiger partial charge in [-0.2, -0.15) is 13.2 Å². The molecule has 0 aliphatic carbocycles. The zero-order chi connectivity index (χ0) is 24.1. The molecule has 33 heavy (non-hydrogen) atoms. The number of nitrogens with one attached hydrogen (secondary N) is 2. The lowest BCUT2D eigenvalue weighted by atomic mass is 10.2. The first-order valence-corrected chi connectivity index (χ1v) is 11.6. The summed E-state index contributed by atoms with van der Waals surface area (Å²) in [5, 5.41) is 2.39. The third-order valence-corrected chi connectivity index (χ3v) is 5.92. The molecule has 0 saturated carbocycles. The summed E-state index contributed by atoms with van der Waals surface area (Å²) in [6.07, 6.45) is -3.34. The van der Waals surface area contributed by atoms with E-state index in [0.717, 1.165) is 6.33 Å². The summed E-state index contributed by atoms with van der Waals surface area (Å²) in [4.78, 5) is 13.9. The van der Waals surface area contributed by atoms with E-state index in [0.29, 0.717) is 37.1 Å². The number of rotatable bonds is 10. The Hall–Kier alpha value is -2.67. The van der Waals surface area contributed by atoms with E-state index in [1.54, 1.807) is 23.1 Å². The van der Waals surface area contributed by atoms with Gasteiger partial charge in [-0.1, -0.05) is 23.1 Å². The van der Waals surface area contributed by atoms with Crippen molar-refractivity contribution >= 4 is 38.3 Å². The van der Waals surface area contributed by atoms with E-state index < -0.39 is 21.9 Å². The second-order valence-corrected chi connectivity index (χ2v) is 8.97. The lowest BCUT2D eigenvalue weighted by molar-refractivity contribution is -0.268. The first kappa shape index (κ1) is 25.0. The molecule has 0 fully saturated rings. The maximum atomic E-state index is 13.9. The van der Waals surface area contributed by atoms with Gasteiger partial charge in [0.05, 0.1) is 17.0 Å². The van der Waals surface area contributed by atoms with Crippen molar-refractivity contribution in [3.8, 4) is 5.75 Å². The summed E-state index contributed by atoms with van der Waals surface area (Å²) in [6.45, 7) is 1.00. The number of anilines is 1. The van der Waals surface area contributed by atoms with Gasteiger partial charge in [-0.05, 0) is 37.6 Å². The predicted octanol–water partition coefficient (Wildman–Crippen LogP) is 4.24. The molecule has 0 spiro atoms. The number of hydrogen-bond donors (Lipinski definition) is 2. The van der Waals surface area contributed by atoms with Crippen molar-refractivity contribution in [3.63, 3.8) is 0 Å². The average Bonchev–Trinajstić information content (AvgIpc) is 2.78. The lowest BCUT2D eigenvalue weighted by Gasteiger charge is -2.32. The minimum absolute atomic E-state index is 0.217. The first-order valence-electron chi connectivity index (χ1n) is 9.59. The SMILES string of the molecule is CC(Nc1ncnc2cc(OCCCCl)ccc12)(ONS(=O)(=O)c1ccccc1)C(F)(F)F. The van der Waals surface area contributed by atoms with Crippen molar-refractivity contribution in [1.82, 2.24) is 14.9 Å². The fourth-order valence-electron chi connectivity index (χ4n) is 2.64. The van der Waals surface area contributed by atoms with Crippen molar-refractivity contribution in [2.75, 3.05) is 17.8 Å². The minimum atomic E-state index is -5.03. The third-order valence-electron chi connectivity index (χ3n) is 4.46. The van der Waals surface area contributed by atoms with Crippen molar-refractivity contribution in [1.29, 1.82) is 0 Å². The standard InChI is InChI=1S/C20H20ClF3N4O4S/c1-19(20(22,23)24,32-28-33(29,30)15-6-3-2-4-7-15)27-18-16-9-8-14(31-11-5-10-21)12-17(16)25-13-26-18/h2-4,6-9,12-13,28H,5,10-11H2,1H3,(H,25,26,27). The number of fused-ring (bicyclic) bond motifs is 1. The second-order valence-electron chi connectivity index (χ2n) is 6.95. The smallest absolute Gasteiger partial charge is 0.438 e. The third kappa shape index (κ3) is 6.02. The van der Waals surface area contributed by atoms with Crippen LogP contribution >= 0.6 is 11.6 Å². The molecule has 178 valence electrons. The van der Waals surface area contributed by atoms with Gasteiger partial charge in [-0.25, -0.2) is 23.2 Å². The molecule has 0 aliphatic rings. The maximum Gasteiger partial charge on any atom is 0.438 e. The lowest BCUT2D eigenvalue weighted by Crippen LogP contribution is -2.55. The van der Waals surface area contributed by atoms with Crippen molar-refractivity contribution in [2.24, 2.45) is 0 Å². The Kier molecular flexibility index (Phi) is 7.62. The number of alkyl halides is 4. The van der Waals surface area contributed by atoms with Crippen LogP contribution in [-0.2, 0) is 14.9 Å². The van der Waals surface area contributed by atoms with Crippen molar-refractivity contribution in [3.05, 3.63) is 54.9 Å². The Bertz CT molecular complexity index is 1200. The molecule has 0 radical (unpaired) electrons. The average molecular weight is 505 g/mol. The van der Waals surface area contributed by atoms with Crippen LogP contribution in [0.2, 0.25) is 0 Å². The monoisotopic (exact) mass is 504 g/mol. The molecule has 1 atom stereocenters. The highest BCUT2D eigenvalue weighted by atomic mass is 35.5. The molecule has 1 heterocycles. The van der Waals surface area contributed by atoms with Gasteiger partial charge < -0.3 is 10.1 Å². The first-order chi connectivity index (χ1) is 15.6. The highest BCUT2D eigenvalue weighted by Gasteiger charge is 2.54. The van der Waals surface area contributed by atoms with Gasteiger partial charge in [0, 0.05) is 17.3 Å². The molecule has 3 rings (SSSR count). The van der Waals surface area contributed by atoms with Crippen LogP contribution in [-0.4, -0.2) is 42.8 Å². The van der Waals surface area contributed by atoms with E-state index in [4.69, 9.17) is 16.3 Å². The van der Waals surface area contributed by atoms with Crippen LogP contribution in [0.5, 0.6) is 5.75 Å². The van der Waals surface area contributed by atoms with E-state index in [9.17, 15) is 21.6 Å². The van der Waals surface area contributed by atoms with Crippen LogP contribution in [0.3, 0.4) is 0 Å². The van der Waals surface area contributed by atoms with Gasteiger partial charge in [0.25, 0.3) is 15.7 Å². The number of halogens is 4. The summed E-state index contributed by atoms with van der Waals surface area (Å²) in [5.74, 6) is 0.669. The van der Waals surface area contributed by atoms with Crippen LogP contribution in [0.25, 0.3) is 10.9 Å². The zero-order valence-corrected chi connectivity index (χ0v) is 18.8. The normalized spacial score (nSPS) is 14.1. The van der Waals surface area contributed by atoms with E-state index in [2.05, 4.69) is 20.1 Å². The van der Waals surface area contributed by atoms with E-state index >= 15 is 0 Å². The predicted molar refractivity (Wildman–Crippen MR) is 116 cm³/mol. The van der Waals surface area contributed by atoms with E-state index in [1.165, 1.54) is 30.3 Å². The van der Waals surface area contributed by atoms with Crippen LogP contribution in [0.15, 0.2) is 59.8 Å². The maximum absolute atomic E-state index is 13.9. The molecule has 0 bridgehead atoms. The van der Waals surface area contributed by atoms with Crippen molar-refractivity contribution in [2.45, 2.75) is 30.1 Å². The topological polar surface area (TPSA) is 102 Å². The molecule has 1 unspecified atom stereocenters. The summed E-state index contributed by atoms with van der Waals surface area (Å²) < 4.78 is 71.9. The van der Waals surface area contributed by atoms with Gasteiger partial charge in [0.2, 0.25) is 0 Å². The molecule has 0 amide bonds. The Morgan fingerprint density at radius 3 is 2.48 bits per heavy atom. The molecular formula is C20H20ClF3N4O4S. The molecular weight excluding hydrogens is 485 g/mol. The van der Waals surface area contributed by atoms with Crippen molar-refractivity contribution < 1.29 is 31.2 Å². The Morgan fingerprint density at radius 2 is 1.82 bits per heavy atom. The molecule has 2 N–H and O–H groups in total. The molecule has 3 aromatic rings. The summed E-state index contributed by atoms with van der Waals surface area (Å²) in [6, 6.07) is 11.4. The van der Waals surface area contributed by atoms with Crippen LogP contribution in [0, 0.1) is 0 Å². The van der Waals surface area contributed by atoms with Crippen LogP contribution in [0.4, 0.5) is 19.0 Å². The number of sulfonamides is 1. The fraction of sp³-hybridized carbons (Fsp3) is 0.300. The number of aromatic nitrogens is 2. The summed E-state index contributed by atoms with van der Waals surface area (Å²) >= 11 is 5.62. The fourth-order valence-corrected chi connectivity index (χ4v) is 3.63. The number of nitrogens with zero attached hydrogens (tertiary/aromatic N) is 2. The molecule has 1 aromatic heterocycles. The number of hydrogen-bond acceptors (Lipinski definition) is 7. The second kappa shape index (κ2) is 10.1. The van der Waals surface area contributed by atoms with Crippen LogP contribution in [0.1, 0.15) is 13.3 Å². The van der Waals surface area contributed by atoms with Gasteiger partial charge in [0.1, 0.15) is 17.9 Å². The van der Waals surface area contributed by atoms with Gasteiger partial charge in [-0.3, -0.25) is 0 Å². The van der Waals surface area contributed by atoms with Gasteiger partial charge in [0.15, 0.2) is 0 Å². The Morgan fingerprint density at radius 1 is 1.09 bits per heavy atom. The number of benzene rings is 2. The van der Waals surface area contributed by atoms with E-state index in [-0.39, 0.29) is 16.1 Å². The molecule has 8 nitrogen and oxygen atoms in total. The van der Waals surface area contributed by atoms with Gasteiger partial charge >= 0.3 is 6.18 Å². The molecule has 0 aliphatic heterocycles. The quantitative estimate of drug-likeness (QED) is 0.184. The number of ether oxygens (including phenoxy) is 1. The highest BCUT2D eigenvalue weighted by molar-refractivity contribution is 7.89. The Labute approximate surface area is 193 Å². The minimum Gasteiger partial charge on any atom is -0.493 e. The molecule has 13 heteroatoms. The highest BCUT2D eigenvalue weighted by Crippen LogP contribution is 2.35. The summed E-state index contributed by atoms with van der Waals surface area (Å²) in [5.41, 5.74) is -2.85. The van der Waals surface area contributed by atoms with Gasteiger partial charge in [-0.15, -0.1) is 11.6 Å². The van der Waals surface area contributed by atoms with Crippen LogP contribution < -0.4 is 14.9 Å². The zero-order valence-electron chi connectivity index (χ0n) is 17.3. The largest absolute Gasteiger partial charge is 0.493 e. The van der Waals surface area contributed by atoms with E-state index in [1.807, 2.05) is 0 Å². The summed E-state index contributed by atoms with van der Waals surface area (Å²) in [7, 11) is -4.38. The Balaban J connectivity index is 1.86. The molecule has 0 saturated heterocycles. The molecule has 2 aromatic carbocycles.